The zero-order chi connectivity index (χ0) is 16.0. The van der Waals surface area contributed by atoms with Crippen molar-refractivity contribution in [1.29, 1.82) is 0 Å². The number of nitrogens with one attached hydrogen (secondary N) is 1. The van der Waals surface area contributed by atoms with Crippen molar-refractivity contribution in [2.75, 3.05) is 6.54 Å². The lowest BCUT2D eigenvalue weighted by Gasteiger charge is -2.30. The number of aliphatic carboxylic acids is 1. The molecule has 0 saturated carbocycles. The molecule has 1 unspecified atom stereocenters. The molecule has 0 aliphatic heterocycles. The number of carboxylic acid groups (broad SMARTS) is 1. The summed E-state index contributed by atoms with van der Waals surface area (Å²) < 4.78 is 5.44. The number of carboxylic acids is 1. The van der Waals surface area contributed by atoms with Crippen molar-refractivity contribution in [1.82, 2.24) is 5.32 Å². The highest BCUT2D eigenvalue weighted by Gasteiger charge is 2.25. The van der Waals surface area contributed by atoms with Gasteiger partial charge in [0.15, 0.2) is 4.67 Å². The smallest absolute Gasteiger partial charge is 0.303 e. The third-order valence-electron chi connectivity index (χ3n) is 3.57. The topological polar surface area (TPSA) is 79.5 Å². The molecule has 118 valence electrons. The van der Waals surface area contributed by atoms with E-state index in [1.165, 1.54) is 6.26 Å². The molecule has 1 aromatic rings. The molecule has 5 nitrogen and oxygen atoms in total. The number of carbonyl (C=O) groups excluding carboxylic acids is 1. The Hall–Kier alpha value is -1.30. The monoisotopic (exact) mass is 359 g/mol. The molecule has 6 heteroatoms. The zero-order valence-corrected chi connectivity index (χ0v) is 14.2. The molecular weight excluding hydrogens is 338 g/mol. The minimum Gasteiger partial charge on any atom is -0.481 e. The summed E-state index contributed by atoms with van der Waals surface area (Å²) in [6.45, 7) is 6.79. The second-order valence-electron chi connectivity index (χ2n) is 6.15. The lowest BCUT2D eigenvalue weighted by molar-refractivity contribution is -0.137. The number of halogens is 1. The van der Waals surface area contributed by atoms with Gasteiger partial charge >= 0.3 is 5.97 Å². The van der Waals surface area contributed by atoms with Gasteiger partial charge in [-0.05, 0) is 46.2 Å². The number of hydrogen-bond acceptors (Lipinski definition) is 3. The standard InChI is InChI=1S/C15H22BrNO4/c1-15(2,3)10(4-5-12(18)19)6-8-17-14(20)11-7-9-21-13(11)16/h7,9-10H,4-6,8H2,1-3H3,(H,17,20)(H,18,19). The van der Waals surface area contributed by atoms with Crippen molar-refractivity contribution in [3.8, 4) is 0 Å². The minimum atomic E-state index is -0.782. The van der Waals surface area contributed by atoms with Crippen LogP contribution in [0, 0.1) is 11.3 Å². The van der Waals surface area contributed by atoms with Gasteiger partial charge in [0.05, 0.1) is 11.8 Å². The molecule has 0 spiro atoms. The number of hydrogen-bond donors (Lipinski definition) is 2. The van der Waals surface area contributed by atoms with E-state index in [2.05, 4.69) is 42.0 Å². The average Bonchev–Trinajstić information content (AvgIpc) is 2.77. The van der Waals surface area contributed by atoms with Crippen molar-refractivity contribution in [2.45, 2.75) is 40.0 Å². The van der Waals surface area contributed by atoms with Crippen LogP contribution in [-0.2, 0) is 4.79 Å². The van der Waals surface area contributed by atoms with Crippen molar-refractivity contribution < 1.29 is 19.1 Å². The fourth-order valence-corrected chi connectivity index (χ4v) is 2.64. The van der Waals surface area contributed by atoms with Crippen LogP contribution in [-0.4, -0.2) is 23.5 Å². The van der Waals surface area contributed by atoms with Crippen LogP contribution in [0.2, 0.25) is 0 Å². The van der Waals surface area contributed by atoms with Crippen LogP contribution in [0.25, 0.3) is 0 Å². The quantitative estimate of drug-likeness (QED) is 0.777. The first-order valence-corrected chi connectivity index (χ1v) is 7.74. The number of rotatable bonds is 7. The van der Waals surface area contributed by atoms with Crippen LogP contribution in [0.5, 0.6) is 0 Å². The van der Waals surface area contributed by atoms with Crippen LogP contribution < -0.4 is 5.32 Å². The summed E-state index contributed by atoms with van der Waals surface area (Å²) in [5.74, 6) is -0.737. The molecule has 0 aromatic carbocycles. The van der Waals surface area contributed by atoms with Crippen molar-refractivity contribution in [3.63, 3.8) is 0 Å². The van der Waals surface area contributed by atoms with E-state index in [0.29, 0.717) is 23.2 Å². The van der Waals surface area contributed by atoms with Crippen molar-refractivity contribution in [3.05, 3.63) is 22.6 Å². The second kappa shape index (κ2) is 7.64. The Morgan fingerprint density at radius 3 is 2.52 bits per heavy atom. The van der Waals surface area contributed by atoms with Crippen molar-refractivity contribution in [2.24, 2.45) is 11.3 Å². The molecule has 0 fully saturated rings. The molecule has 0 aliphatic carbocycles. The molecule has 1 amide bonds. The third-order valence-corrected chi connectivity index (χ3v) is 4.19. The normalized spacial score (nSPS) is 13.0. The van der Waals surface area contributed by atoms with E-state index in [4.69, 9.17) is 9.52 Å². The van der Waals surface area contributed by atoms with Gasteiger partial charge in [0, 0.05) is 13.0 Å². The third kappa shape index (κ3) is 5.91. The van der Waals surface area contributed by atoms with Gasteiger partial charge in [-0.25, -0.2) is 0 Å². The Morgan fingerprint density at radius 1 is 1.38 bits per heavy atom. The number of amides is 1. The molecule has 1 heterocycles. The van der Waals surface area contributed by atoms with E-state index in [0.717, 1.165) is 6.42 Å². The van der Waals surface area contributed by atoms with Gasteiger partial charge in [-0.1, -0.05) is 20.8 Å². The summed E-state index contributed by atoms with van der Waals surface area (Å²) in [6, 6.07) is 1.60. The number of carbonyl (C=O) groups is 2. The van der Waals surface area contributed by atoms with E-state index in [1.54, 1.807) is 6.07 Å². The summed E-state index contributed by atoms with van der Waals surface area (Å²) >= 11 is 3.17. The first-order chi connectivity index (χ1) is 9.71. The van der Waals surface area contributed by atoms with Gasteiger partial charge in [-0.15, -0.1) is 0 Å². The van der Waals surface area contributed by atoms with E-state index in [-0.39, 0.29) is 23.7 Å². The van der Waals surface area contributed by atoms with Crippen LogP contribution in [0.1, 0.15) is 50.4 Å². The Bertz CT molecular complexity index is 490. The summed E-state index contributed by atoms with van der Waals surface area (Å²) in [5.41, 5.74) is 0.476. The van der Waals surface area contributed by atoms with Crippen molar-refractivity contribution >= 4 is 27.8 Å². The van der Waals surface area contributed by atoms with Gasteiger partial charge in [-0.2, -0.15) is 0 Å². The lowest BCUT2D eigenvalue weighted by atomic mass is 9.76. The second-order valence-corrected chi connectivity index (χ2v) is 6.87. The average molecular weight is 360 g/mol. The summed E-state index contributed by atoms with van der Waals surface area (Å²) in [4.78, 5) is 22.6. The van der Waals surface area contributed by atoms with Gasteiger partial charge < -0.3 is 14.8 Å². The Morgan fingerprint density at radius 2 is 2.05 bits per heavy atom. The van der Waals surface area contributed by atoms with Crippen LogP contribution in [0.4, 0.5) is 0 Å². The molecule has 0 saturated heterocycles. The molecule has 0 radical (unpaired) electrons. The predicted molar refractivity (Wildman–Crippen MR) is 83.2 cm³/mol. The lowest BCUT2D eigenvalue weighted by Crippen LogP contribution is -2.29. The SMILES string of the molecule is CC(C)(C)C(CCNC(=O)c1ccoc1Br)CCC(=O)O. The highest BCUT2D eigenvalue weighted by molar-refractivity contribution is 9.10. The molecule has 0 bridgehead atoms. The van der Waals surface area contributed by atoms with Gasteiger partial charge in [0.2, 0.25) is 0 Å². The largest absolute Gasteiger partial charge is 0.481 e. The zero-order valence-electron chi connectivity index (χ0n) is 12.6. The highest BCUT2D eigenvalue weighted by atomic mass is 79.9. The van der Waals surface area contributed by atoms with Gasteiger partial charge in [0.1, 0.15) is 0 Å². The molecule has 0 aliphatic rings. The molecule has 2 N–H and O–H groups in total. The van der Waals surface area contributed by atoms with E-state index in [9.17, 15) is 9.59 Å². The fraction of sp³-hybridized carbons (Fsp3) is 0.600. The fourth-order valence-electron chi connectivity index (χ4n) is 2.22. The van der Waals surface area contributed by atoms with E-state index in [1.807, 2.05) is 0 Å². The summed E-state index contributed by atoms with van der Waals surface area (Å²) in [7, 11) is 0. The minimum absolute atomic E-state index is 0.0103. The van der Waals surface area contributed by atoms with Gasteiger partial charge in [-0.3, -0.25) is 9.59 Å². The van der Waals surface area contributed by atoms with Gasteiger partial charge in [0.25, 0.3) is 5.91 Å². The van der Waals surface area contributed by atoms with Crippen LogP contribution in [0.3, 0.4) is 0 Å². The first kappa shape index (κ1) is 17.8. The maximum atomic E-state index is 11.9. The highest BCUT2D eigenvalue weighted by Crippen LogP contribution is 2.32. The Labute approximate surface area is 133 Å². The molecule has 1 aromatic heterocycles. The molecule has 21 heavy (non-hydrogen) atoms. The van der Waals surface area contributed by atoms with E-state index >= 15 is 0 Å². The maximum absolute atomic E-state index is 11.9. The van der Waals surface area contributed by atoms with Crippen LogP contribution >= 0.6 is 15.9 Å². The van der Waals surface area contributed by atoms with Crippen LogP contribution in [0.15, 0.2) is 21.4 Å². The Balaban J connectivity index is 2.48. The summed E-state index contributed by atoms with van der Waals surface area (Å²) in [6.07, 6.45) is 2.97. The molecular formula is C15H22BrNO4. The first-order valence-electron chi connectivity index (χ1n) is 6.94. The Kier molecular flexibility index (Phi) is 6.45. The molecule has 1 atom stereocenters. The van der Waals surface area contributed by atoms with E-state index < -0.39 is 5.97 Å². The number of furan rings is 1. The molecule has 1 rings (SSSR count). The summed E-state index contributed by atoms with van der Waals surface area (Å²) in [5, 5.41) is 11.7. The maximum Gasteiger partial charge on any atom is 0.303 e. The predicted octanol–water partition coefficient (Wildman–Crippen LogP) is 3.69.